The topological polar surface area (TPSA) is 85.2 Å². The first-order valence-electron chi connectivity index (χ1n) is 8.23. The summed E-state index contributed by atoms with van der Waals surface area (Å²) in [6, 6.07) is 7.38. The highest BCUT2D eigenvalue weighted by Crippen LogP contribution is 2.19. The number of aromatic nitrogens is 1. The molecule has 0 N–H and O–H groups in total. The lowest BCUT2D eigenvalue weighted by molar-refractivity contribution is -0.00456. The van der Waals surface area contributed by atoms with Gasteiger partial charge < -0.3 is 28.3 Å². The summed E-state index contributed by atoms with van der Waals surface area (Å²) in [5.74, 6) is 0. The van der Waals surface area contributed by atoms with Crippen molar-refractivity contribution in [2.24, 2.45) is 0 Å². The number of hydrogen-bond donors (Lipinski definition) is 0. The lowest BCUT2D eigenvalue weighted by atomic mass is 10.2. The molecule has 0 spiro atoms. The zero-order chi connectivity index (χ0) is 18.6. The molecule has 0 unspecified atom stereocenters. The van der Waals surface area contributed by atoms with E-state index < -0.39 is 6.16 Å². The zero-order valence-corrected chi connectivity index (χ0v) is 14.7. The molecule has 2 aromatic rings. The number of benzene rings is 1. The van der Waals surface area contributed by atoms with Gasteiger partial charge in [-0.05, 0) is 6.07 Å². The molecule has 0 amide bonds. The highest BCUT2D eigenvalue weighted by molar-refractivity contribution is 5.97. The maximum absolute atomic E-state index is 11.6. The van der Waals surface area contributed by atoms with Gasteiger partial charge in [-0.1, -0.05) is 18.2 Å². The molecule has 0 fully saturated rings. The SMILES string of the molecule is COCCOCCOCCOC(=O)OCn1cc(C=O)c2ccccc21. The van der Waals surface area contributed by atoms with E-state index in [1.165, 1.54) is 0 Å². The Morgan fingerprint density at radius 2 is 1.69 bits per heavy atom. The fraction of sp³-hybridized carbons (Fsp3) is 0.444. The third-order valence-corrected chi connectivity index (χ3v) is 3.52. The third-order valence-electron chi connectivity index (χ3n) is 3.52. The van der Waals surface area contributed by atoms with Crippen LogP contribution in [0.15, 0.2) is 30.5 Å². The van der Waals surface area contributed by atoms with Crippen molar-refractivity contribution in [3.05, 3.63) is 36.0 Å². The number of para-hydroxylation sites is 1. The van der Waals surface area contributed by atoms with Crippen LogP contribution in [0.3, 0.4) is 0 Å². The molecule has 1 heterocycles. The van der Waals surface area contributed by atoms with Crippen LogP contribution in [0.1, 0.15) is 10.4 Å². The predicted octanol–water partition coefficient (Wildman–Crippen LogP) is 2.24. The van der Waals surface area contributed by atoms with E-state index in [1.54, 1.807) is 17.9 Å². The lowest BCUT2D eigenvalue weighted by Crippen LogP contribution is -2.15. The Hall–Kier alpha value is -2.42. The number of carbonyl (C=O) groups is 2. The molecule has 26 heavy (non-hydrogen) atoms. The molecule has 0 saturated heterocycles. The summed E-state index contributed by atoms with van der Waals surface area (Å²) in [5, 5.41) is 0.806. The molecule has 0 bridgehead atoms. The van der Waals surface area contributed by atoms with Gasteiger partial charge in [0, 0.05) is 24.3 Å². The number of methoxy groups -OCH3 is 1. The van der Waals surface area contributed by atoms with Crippen molar-refractivity contribution in [1.29, 1.82) is 0 Å². The second-order valence-corrected chi connectivity index (χ2v) is 5.28. The first kappa shape index (κ1) is 19.9. The minimum Gasteiger partial charge on any atom is -0.432 e. The van der Waals surface area contributed by atoms with E-state index in [-0.39, 0.29) is 19.9 Å². The monoisotopic (exact) mass is 365 g/mol. The highest BCUT2D eigenvalue weighted by Gasteiger charge is 2.09. The van der Waals surface area contributed by atoms with Crippen molar-refractivity contribution in [2.75, 3.05) is 46.8 Å². The summed E-state index contributed by atoms with van der Waals surface area (Å²) in [5.41, 5.74) is 1.35. The van der Waals surface area contributed by atoms with Gasteiger partial charge in [0.15, 0.2) is 13.0 Å². The molecule has 8 nitrogen and oxygen atoms in total. The van der Waals surface area contributed by atoms with Crippen LogP contribution < -0.4 is 0 Å². The maximum Gasteiger partial charge on any atom is 0.510 e. The number of fused-ring (bicyclic) bond motifs is 1. The summed E-state index contributed by atoms with van der Waals surface area (Å²) in [6.45, 7) is 2.22. The van der Waals surface area contributed by atoms with Crippen LogP contribution in [0, 0.1) is 0 Å². The summed E-state index contributed by atoms with van der Waals surface area (Å²) in [6.07, 6.45) is 1.61. The van der Waals surface area contributed by atoms with Gasteiger partial charge in [-0.25, -0.2) is 4.79 Å². The Morgan fingerprint density at radius 1 is 1.00 bits per heavy atom. The molecule has 142 valence electrons. The van der Waals surface area contributed by atoms with Crippen LogP contribution in [-0.4, -0.2) is 63.8 Å². The number of rotatable bonds is 12. The van der Waals surface area contributed by atoms with Crippen LogP contribution >= 0.6 is 0 Å². The van der Waals surface area contributed by atoms with Gasteiger partial charge in [0.05, 0.1) is 38.6 Å². The molecule has 2 rings (SSSR count). The van der Waals surface area contributed by atoms with E-state index in [0.29, 0.717) is 32.0 Å². The standard InChI is InChI=1S/C18H23NO7/c1-22-6-7-23-8-9-24-10-11-25-18(21)26-14-19-12-15(13-20)16-4-2-3-5-17(16)19/h2-5,12-13H,6-11,14H2,1H3. The Kier molecular flexibility index (Phi) is 8.61. The fourth-order valence-corrected chi connectivity index (χ4v) is 2.29. The molecule has 0 aliphatic rings. The Labute approximate surface area is 151 Å². The number of hydrogen-bond acceptors (Lipinski definition) is 7. The molecule has 1 aromatic heterocycles. The number of ether oxygens (including phenoxy) is 5. The van der Waals surface area contributed by atoms with Gasteiger partial charge in [0.1, 0.15) is 6.61 Å². The maximum atomic E-state index is 11.6. The van der Waals surface area contributed by atoms with Gasteiger partial charge in [-0.15, -0.1) is 0 Å². The third kappa shape index (κ3) is 6.14. The van der Waals surface area contributed by atoms with Crippen molar-refractivity contribution >= 4 is 23.3 Å². The van der Waals surface area contributed by atoms with E-state index in [1.807, 2.05) is 24.3 Å². The summed E-state index contributed by atoms with van der Waals surface area (Å²) < 4.78 is 27.0. The van der Waals surface area contributed by atoms with Gasteiger partial charge in [-0.2, -0.15) is 0 Å². The summed E-state index contributed by atoms with van der Waals surface area (Å²) in [7, 11) is 1.61. The lowest BCUT2D eigenvalue weighted by Gasteiger charge is -2.09. The second-order valence-electron chi connectivity index (χ2n) is 5.28. The van der Waals surface area contributed by atoms with Gasteiger partial charge in [0.2, 0.25) is 0 Å². The molecule has 8 heteroatoms. The normalized spacial score (nSPS) is 10.8. The van der Waals surface area contributed by atoms with E-state index in [4.69, 9.17) is 23.7 Å². The highest BCUT2D eigenvalue weighted by atomic mass is 16.7. The average molecular weight is 365 g/mol. The van der Waals surface area contributed by atoms with Gasteiger partial charge >= 0.3 is 6.16 Å². The largest absolute Gasteiger partial charge is 0.510 e. The first-order chi connectivity index (χ1) is 12.8. The molecular weight excluding hydrogens is 342 g/mol. The predicted molar refractivity (Wildman–Crippen MR) is 93.3 cm³/mol. The van der Waals surface area contributed by atoms with Crippen molar-refractivity contribution in [3.8, 4) is 0 Å². The Morgan fingerprint density at radius 3 is 2.42 bits per heavy atom. The fourth-order valence-electron chi connectivity index (χ4n) is 2.29. The van der Waals surface area contributed by atoms with Gasteiger partial charge in [0.25, 0.3) is 0 Å². The smallest absolute Gasteiger partial charge is 0.432 e. The van der Waals surface area contributed by atoms with E-state index in [2.05, 4.69) is 0 Å². The van der Waals surface area contributed by atoms with Crippen molar-refractivity contribution < 1.29 is 33.3 Å². The van der Waals surface area contributed by atoms with Crippen LogP contribution in [0.25, 0.3) is 10.9 Å². The summed E-state index contributed by atoms with van der Waals surface area (Å²) >= 11 is 0. The molecule has 0 aliphatic carbocycles. The second kappa shape index (κ2) is 11.2. The molecule has 0 saturated carbocycles. The molecule has 0 atom stereocenters. The molecule has 1 aromatic carbocycles. The van der Waals surface area contributed by atoms with Crippen molar-refractivity contribution in [1.82, 2.24) is 4.57 Å². The van der Waals surface area contributed by atoms with Gasteiger partial charge in [-0.3, -0.25) is 4.79 Å². The number of nitrogens with zero attached hydrogens (tertiary/aromatic N) is 1. The first-order valence-corrected chi connectivity index (χ1v) is 8.23. The van der Waals surface area contributed by atoms with E-state index in [0.717, 1.165) is 17.2 Å². The van der Waals surface area contributed by atoms with Crippen LogP contribution in [0.5, 0.6) is 0 Å². The van der Waals surface area contributed by atoms with Crippen LogP contribution in [-0.2, 0) is 30.4 Å². The molecule has 0 aliphatic heterocycles. The minimum atomic E-state index is -0.796. The number of carbonyl (C=O) groups excluding carboxylic acids is 2. The quantitative estimate of drug-likeness (QED) is 0.324. The van der Waals surface area contributed by atoms with Crippen molar-refractivity contribution in [2.45, 2.75) is 6.73 Å². The van der Waals surface area contributed by atoms with E-state index in [9.17, 15) is 9.59 Å². The summed E-state index contributed by atoms with van der Waals surface area (Å²) in [4.78, 5) is 22.7. The Bertz CT molecular complexity index is 698. The van der Waals surface area contributed by atoms with Crippen LogP contribution in [0.2, 0.25) is 0 Å². The number of aldehydes is 1. The van der Waals surface area contributed by atoms with E-state index >= 15 is 0 Å². The Balaban J connectivity index is 1.63. The zero-order valence-electron chi connectivity index (χ0n) is 14.7. The van der Waals surface area contributed by atoms with Crippen LogP contribution in [0.4, 0.5) is 4.79 Å². The average Bonchev–Trinajstić information content (AvgIpc) is 3.03. The minimum absolute atomic E-state index is 0.0403. The molecular formula is C18H23NO7. The molecule has 0 radical (unpaired) electrons. The van der Waals surface area contributed by atoms with Crippen molar-refractivity contribution in [3.63, 3.8) is 0 Å².